The van der Waals surface area contributed by atoms with Crippen molar-refractivity contribution >= 4 is 83.9 Å². The van der Waals surface area contributed by atoms with E-state index in [1.165, 1.54) is 23.1 Å². The van der Waals surface area contributed by atoms with E-state index in [4.69, 9.17) is 4.74 Å². The first-order chi connectivity index (χ1) is 21.8. The molecule has 0 saturated carbocycles. The van der Waals surface area contributed by atoms with Gasteiger partial charge in [-0.3, -0.25) is 14.4 Å². The summed E-state index contributed by atoms with van der Waals surface area (Å²) in [5.41, 5.74) is 2.62. The van der Waals surface area contributed by atoms with Gasteiger partial charge in [0.2, 0.25) is 5.91 Å². The highest BCUT2D eigenvalue weighted by molar-refractivity contribution is 9.10. The Labute approximate surface area is 277 Å². The van der Waals surface area contributed by atoms with Crippen LogP contribution in [0.5, 0.6) is 5.75 Å². The second kappa shape index (κ2) is 15.0. The van der Waals surface area contributed by atoms with Crippen molar-refractivity contribution in [1.29, 1.82) is 0 Å². The molecule has 0 aliphatic carbocycles. The molecule has 5 aromatic rings. The molecule has 0 saturated heterocycles. The molecule has 1 aromatic heterocycles. The molecule has 3 amide bonds. The molecule has 228 valence electrons. The van der Waals surface area contributed by atoms with Crippen molar-refractivity contribution in [3.63, 3.8) is 0 Å². The van der Waals surface area contributed by atoms with E-state index in [9.17, 15) is 14.4 Å². The van der Waals surface area contributed by atoms with Gasteiger partial charge in [0.05, 0.1) is 22.1 Å². The molecule has 1 atom stereocenters. The minimum Gasteiger partial charge on any atom is -0.494 e. The largest absolute Gasteiger partial charge is 0.494 e. The number of carbonyl (C=O) groups excluding carboxylic acids is 3. The van der Waals surface area contributed by atoms with E-state index < -0.39 is 17.1 Å². The molecule has 45 heavy (non-hydrogen) atoms. The van der Waals surface area contributed by atoms with Gasteiger partial charge in [0.25, 0.3) is 11.8 Å². The van der Waals surface area contributed by atoms with Gasteiger partial charge < -0.3 is 20.7 Å². The molecule has 0 aliphatic heterocycles. The van der Waals surface area contributed by atoms with Crippen molar-refractivity contribution in [3.05, 3.63) is 118 Å². The third kappa shape index (κ3) is 8.81. The standard InChI is InChI=1S/C34H29BrN4O4S2/c1-3-43-26-15-18-28-30(20-26)45-34(38-28)39-31(40)21(2)44-27-16-13-25(14-17-27)36-33(42)29(19-22-9-11-24(35)12-10-22)37-32(41)23-7-5-4-6-8-23/h4-21H,3H2,1-2H3,(H,36,42)(H,37,41)(H,38,39,40)/b29-19-. The second-order valence-electron chi connectivity index (χ2n) is 9.74. The van der Waals surface area contributed by atoms with E-state index >= 15 is 0 Å². The number of hydrogen-bond donors (Lipinski definition) is 3. The minimum absolute atomic E-state index is 0.0962. The summed E-state index contributed by atoms with van der Waals surface area (Å²) in [7, 11) is 0. The van der Waals surface area contributed by atoms with Crippen molar-refractivity contribution in [3.8, 4) is 5.75 Å². The quantitative estimate of drug-likeness (QED) is 0.0952. The first-order valence-electron chi connectivity index (χ1n) is 14.0. The van der Waals surface area contributed by atoms with Crippen LogP contribution in [-0.4, -0.2) is 34.6 Å². The molecule has 0 fully saturated rings. The average Bonchev–Trinajstić information content (AvgIpc) is 3.44. The number of anilines is 2. The zero-order valence-electron chi connectivity index (χ0n) is 24.4. The van der Waals surface area contributed by atoms with Crippen molar-refractivity contribution < 1.29 is 19.1 Å². The molecule has 4 aromatic carbocycles. The highest BCUT2D eigenvalue weighted by atomic mass is 79.9. The van der Waals surface area contributed by atoms with Crippen LogP contribution in [-0.2, 0) is 9.59 Å². The maximum Gasteiger partial charge on any atom is 0.272 e. The van der Waals surface area contributed by atoms with Crippen LogP contribution in [0.3, 0.4) is 0 Å². The molecule has 0 bridgehead atoms. The van der Waals surface area contributed by atoms with Crippen molar-refractivity contribution in [1.82, 2.24) is 10.3 Å². The Kier molecular flexibility index (Phi) is 10.7. The van der Waals surface area contributed by atoms with Crippen LogP contribution >= 0.6 is 39.0 Å². The maximum absolute atomic E-state index is 13.3. The lowest BCUT2D eigenvalue weighted by atomic mass is 10.1. The number of benzene rings is 4. The number of fused-ring (bicyclic) bond motifs is 1. The number of nitrogens with one attached hydrogen (secondary N) is 3. The van der Waals surface area contributed by atoms with Gasteiger partial charge >= 0.3 is 0 Å². The van der Waals surface area contributed by atoms with Gasteiger partial charge in [0, 0.05) is 20.6 Å². The Morgan fingerprint density at radius 2 is 1.69 bits per heavy atom. The van der Waals surface area contributed by atoms with Crippen molar-refractivity contribution in [2.75, 3.05) is 17.2 Å². The summed E-state index contributed by atoms with van der Waals surface area (Å²) in [6.07, 6.45) is 1.62. The molecular weight excluding hydrogens is 672 g/mol. The zero-order chi connectivity index (χ0) is 31.8. The number of aromatic nitrogens is 1. The van der Waals surface area contributed by atoms with E-state index in [1.54, 1.807) is 42.5 Å². The van der Waals surface area contributed by atoms with Gasteiger partial charge in [-0.05, 0) is 92.2 Å². The van der Waals surface area contributed by atoms with Gasteiger partial charge in [-0.15, -0.1) is 11.8 Å². The van der Waals surface area contributed by atoms with Crippen LogP contribution in [0, 0.1) is 0 Å². The molecule has 0 spiro atoms. The third-order valence-electron chi connectivity index (χ3n) is 6.41. The monoisotopic (exact) mass is 700 g/mol. The lowest BCUT2D eigenvalue weighted by molar-refractivity contribution is -0.115. The smallest absolute Gasteiger partial charge is 0.272 e. The molecular formula is C34H29BrN4O4S2. The minimum atomic E-state index is -0.473. The second-order valence-corrected chi connectivity index (χ2v) is 13.1. The Hall–Kier alpha value is -4.45. The molecule has 8 nitrogen and oxygen atoms in total. The summed E-state index contributed by atoms with van der Waals surface area (Å²) in [4.78, 5) is 44.5. The summed E-state index contributed by atoms with van der Waals surface area (Å²) in [5.74, 6) is -0.268. The molecule has 3 N–H and O–H groups in total. The third-order valence-corrected chi connectivity index (χ3v) is 8.98. The van der Waals surface area contributed by atoms with Crippen molar-refractivity contribution in [2.45, 2.75) is 24.0 Å². The predicted octanol–water partition coefficient (Wildman–Crippen LogP) is 7.99. The number of rotatable bonds is 11. The summed E-state index contributed by atoms with van der Waals surface area (Å²) in [5, 5.41) is 8.64. The molecule has 1 unspecified atom stereocenters. The topological polar surface area (TPSA) is 109 Å². The Bertz CT molecular complexity index is 1840. The Morgan fingerprint density at radius 1 is 0.956 bits per heavy atom. The molecule has 0 aliphatic rings. The molecule has 11 heteroatoms. The summed E-state index contributed by atoms with van der Waals surface area (Å²) in [6.45, 7) is 4.33. The van der Waals surface area contributed by atoms with Crippen LogP contribution in [0.4, 0.5) is 10.8 Å². The fourth-order valence-corrected chi connectivity index (χ4v) is 6.19. The van der Waals surface area contributed by atoms with E-state index in [-0.39, 0.29) is 11.6 Å². The van der Waals surface area contributed by atoms with Gasteiger partial charge in [0.1, 0.15) is 11.4 Å². The van der Waals surface area contributed by atoms with E-state index in [1.807, 2.05) is 74.5 Å². The molecule has 5 rings (SSSR count). The number of nitrogens with zero attached hydrogens (tertiary/aromatic N) is 1. The highest BCUT2D eigenvalue weighted by Gasteiger charge is 2.18. The van der Waals surface area contributed by atoms with E-state index in [0.29, 0.717) is 23.0 Å². The van der Waals surface area contributed by atoms with Crippen LogP contribution in [0.25, 0.3) is 16.3 Å². The Morgan fingerprint density at radius 3 is 2.40 bits per heavy atom. The zero-order valence-corrected chi connectivity index (χ0v) is 27.6. The Balaban J connectivity index is 1.22. The lowest BCUT2D eigenvalue weighted by Crippen LogP contribution is -2.30. The number of thiazole rings is 1. The number of thioether (sulfide) groups is 1. The fourth-order valence-electron chi connectivity index (χ4n) is 4.16. The van der Waals surface area contributed by atoms with E-state index in [0.717, 1.165) is 30.9 Å². The highest BCUT2D eigenvalue weighted by Crippen LogP contribution is 2.31. The lowest BCUT2D eigenvalue weighted by Gasteiger charge is -2.13. The fraction of sp³-hybridized carbons (Fsp3) is 0.118. The number of amides is 3. The number of hydrogen-bond acceptors (Lipinski definition) is 7. The molecule has 1 heterocycles. The average molecular weight is 702 g/mol. The summed E-state index contributed by atoms with van der Waals surface area (Å²) >= 11 is 6.20. The maximum atomic E-state index is 13.3. The molecule has 0 radical (unpaired) electrons. The van der Waals surface area contributed by atoms with Gasteiger partial charge in [0.15, 0.2) is 5.13 Å². The van der Waals surface area contributed by atoms with Crippen LogP contribution in [0.15, 0.2) is 112 Å². The number of halogens is 1. The van der Waals surface area contributed by atoms with Crippen LogP contribution < -0.4 is 20.7 Å². The summed E-state index contributed by atoms with van der Waals surface area (Å²) in [6, 6.07) is 28.9. The predicted molar refractivity (Wildman–Crippen MR) is 186 cm³/mol. The number of ether oxygens (including phenoxy) is 1. The van der Waals surface area contributed by atoms with Gasteiger partial charge in [-0.1, -0.05) is 57.6 Å². The van der Waals surface area contributed by atoms with Gasteiger partial charge in [-0.2, -0.15) is 0 Å². The first kappa shape index (κ1) is 32.0. The normalized spacial score (nSPS) is 11.9. The SMILES string of the molecule is CCOc1ccc2nc(NC(=O)C(C)Sc3ccc(NC(=O)/C(=C/c4ccc(Br)cc4)NC(=O)c4ccccc4)cc3)sc2c1. The summed E-state index contributed by atoms with van der Waals surface area (Å²) < 4.78 is 7.39. The van der Waals surface area contributed by atoms with Crippen LogP contribution in [0.1, 0.15) is 29.8 Å². The first-order valence-corrected chi connectivity index (χ1v) is 16.5. The van der Waals surface area contributed by atoms with Gasteiger partial charge in [-0.25, -0.2) is 4.98 Å². The number of carbonyl (C=O) groups is 3. The van der Waals surface area contributed by atoms with Crippen molar-refractivity contribution in [2.24, 2.45) is 0 Å². The van der Waals surface area contributed by atoms with E-state index in [2.05, 4.69) is 36.9 Å². The van der Waals surface area contributed by atoms with Crippen LogP contribution in [0.2, 0.25) is 0 Å².